The molecule has 2 N–H and O–H groups in total. The van der Waals surface area contributed by atoms with Crippen LogP contribution < -0.4 is 0 Å². The molecule has 0 aliphatic heterocycles. The van der Waals surface area contributed by atoms with Crippen molar-refractivity contribution < 1.29 is 14.9 Å². The molecule has 0 bridgehead atoms. The van der Waals surface area contributed by atoms with E-state index in [4.69, 9.17) is 14.9 Å². The van der Waals surface area contributed by atoms with E-state index < -0.39 is 12.2 Å². The zero-order valence-corrected chi connectivity index (χ0v) is 5.87. The topological polar surface area (TPSA) is 49.7 Å². The molecule has 0 heterocycles. The zero-order valence-electron chi connectivity index (χ0n) is 5.87. The fraction of sp³-hybridized carbons (Fsp3) is 1.00. The number of aliphatic hydroxyl groups excluding tert-OH is 2. The molecule has 56 valence electrons. The molecule has 0 aliphatic carbocycles. The molecule has 0 aromatic carbocycles. The number of hydrogen-bond donors (Lipinski definition) is 2. The average molecular weight is 134 g/mol. The van der Waals surface area contributed by atoms with Crippen molar-refractivity contribution in [2.45, 2.75) is 25.6 Å². The summed E-state index contributed by atoms with van der Waals surface area (Å²) in [6.45, 7) is 1.72. The molecule has 0 aromatic rings. The molecule has 9 heavy (non-hydrogen) atoms. The lowest BCUT2D eigenvalue weighted by molar-refractivity contribution is -0.0418. The maximum atomic E-state index is 9.03. The van der Waals surface area contributed by atoms with E-state index in [0.29, 0.717) is 6.42 Å². The Balaban J connectivity index is 3.50. The van der Waals surface area contributed by atoms with E-state index in [9.17, 15) is 0 Å². The Bertz CT molecular complexity index is 61.3. The Kier molecular flexibility index (Phi) is 4.67. The smallest absolute Gasteiger partial charge is 0.106 e. The van der Waals surface area contributed by atoms with Crippen LogP contribution in [0.5, 0.6) is 0 Å². The highest BCUT2D eigenvalue weighted by molar-refractivity contribution is 4.64. The highest BCUT2D eigenvalue weighted by atomic mass is 16.5. The first-order valence-electron chi connectivity index (χ1n) is 3.08. The van der Waals surface area contributed by atoms with Gasteiger partial charge in [-0.1, -0.05) is 6.92 Å². The summed E-state index contributed by atoms with van der Waals surface area (Å²) >= 11 is 0. The fourth-order valence-electron chi connectivity index (χ4n) is 0.616. The quantitative estimate of drug-likeness (QED) is 0.558. The number of hydrogen-bond acceptors (Lipinski definition) is 3. The van der Waals surface area contributed by atoms with Gasteiger partial charge in [0.25, 0.3) is 0 Å². The lowest BCUT2D eigenvalue weighted by atomic mass is 10.2. The zero-order chi connectivity index (χ0) is 7.28. The van der Waals surface area contributed by atoms with Gasteiger partial charge in [-0.05, 0) is 6.42 Å². The van der Waals surface area contributed by atoms with Gasteiger partial charge in [0, 0.05) is 7.11 Å². The molecular weight excluding hydrogens is 120 g/mol. The van der Waals surface area contributed by atoms with Crippen LogP contribution in [-0.4, -0.2) is 36.1 Å². The highest BCUT2D eigenvalue weighted by Gasteiger charge is 2.14. The summed E-state index contributed by atoms with van der Waals surface area (Å²) in [5.41, 5.74) is 0. The van der Waals surface area contributed by atoms with Crippen LogP contribution in [0.25, 0.3) is 0 Å². The van der Waals surface area contributed by atoms with Crippen LogP contribution in [0.1, 0.15) is 13.3 Å². The molecule has 0 rings (SSSR count). The predicted octanol–water partition coefficient (Wildman–Crippen LogP) is -0.235. The Morgan fingerprint density at radius 1 is 1.56 bits per heavy atom. The van der Waals surface area contributed by atoms with Crippen LogP contribution in [0, 0.1) is 0 Å². The summed E-state index contributed by atoms with van der Waals surface area (Å²) in [6, 6.07) is 0. The first-order chi connectivity index (χ1) is 4.26. The number of rotatable bonds is 4. The van der Waals surface area contributed by atoms with Crippen LogP contribution in [0.3, 0.4) is 0 Å². The van der Waals surface area contributed by atoms with Crippen LogP contribution in [0.15, 0.2) is 0 Å². The first kappa shape index (κ1) is 8.88. The van der Waals surface area contributed by atoms with Crippen molar-refractivity contribution in [1.29, 1.82) is 0 Å². The van der Waals surface area contributed by atoms with Gasteiger partial charge in [0.15, 0.2) is 0 Å². The largest absolute Gasteiger partial charge is 0.394 e. The van der Waals surface area contributed by atoms with Gasteiger partial charge >= 0.3 is 0 Å². The minimum Gasteiger partial charge on any atom is -0.394 e. The molecule has 2 unspecified atom stereocenters. The lowest BCUT2D eigenvalue weighted by Crippen LogP contribution is -2.30. The highest BCUT2D eigenvalue weighted by Crippen LogP contribution is 2.00. The van der Waals surface area contributed by atoms with Gasteiger partial charge in [0.05, 0.1) is 12.7 Å². The summed E-state index contributed by atoms with van der Waals surface area (Å²) in [5, 5.41) is 17.6. The SMILES string of the molecule is CCC(O)C(CO)OC. The van der Waals surface area contributed by atoms with Gasteiger partial charge < -0.3 is 14.9 Å². The maximum absolute atomic E-state index is 9.03. The van der Waals surface area contributed by atoms with Gasteiger partial charge in [-0.2, -0.15) is 0 Å². The van der Waals surface area contributed by atoms with E-state index in [-0.39, 0.29) is 6.61 Å². The van der Waals surface area contributed by atoms with Crippen molar-refractivity contribution in [3.63, 3.8) is 0 Å². The van der Waals surface area contributed by atoms with E-state index in [1.54, 1.807) is 0 Å². The summed E-state index contributed by atoms with van der Waals surface area (Å²) < 4.78 is 4.75. The van der Waals surface area contributed by atoms with Crippen molar-refractivity contribution in [3.05, 3.63) is 0 Å². The summed E-state index contributed by atoms with van der Waals surface area (Å²) in [4.78, 5) is 0. The molecule has 0 radical (unpaired) electrons. The molecule has 3 heteroatoms. The molecule has 0 saturated heterocycles. The van der Waals surface area contributed by atoms with Crippen LogP contribution in [0.2, 0.25) is 0 Å². The molecular formula is C6H14O3. The molecule has 0 aromatic heterocycles. The van der Waals surface area contributed by atoms with Crippen LogP contribution in [0.4, 0.5) is 0 Å². The Morgan fingerprint density at radius 3 is 2.22 bits per heavy atom. The van der Waals surface area contributed by atoms with E-state index in [0.717, 1.165) is 0 Å². The molecule has 0 fully saturated rings. The standard InChI is InChI=1S/C6H14O3/c1-3-5(8)6(4-7)9-2/h5-8H,3-4H2,1-2H3. The third-order valence-electron chi connectivity index (χ3n) is 1.33. The minimum absolute atomic E-state index is 0.120. The average Bonchev–Trinajstić information content (AvgIpc) is 1.90. The molecule has 0 amide bonds. The first-order valence-corrected chi connectivity index (χ1v) is 3.08. The molecule has 0 saturated carbocycles. The second-order valence-electron chi connectivity index (χ2n) is 1.93. The predicted molar refractivity (Wildman–Crippen MR) is 34.2 cm³/mol. The molecule has 3 nitrogen and oxygen atoms in total. The Hall–Kier alpha value is -0.120. The van der Waals surface area contributed by atoms with E-state index in [2.05, 4.69) is 0 Å². The molecule has 0 aliphatic rings. The van der Waals surface area contributed by atoms with Crippen molar-refractivity contribution in [1.82, 2.24) is 0 Å². The monoisotopic (exact) mass is 134 g/mol. The van der Waals surface area contributed by atoms with E-state index >= 15 is 0 Å². The van der Waals surface area contributed by atoms with Crippen molar-refractivity contribution in [2.24, 2.45) is 0 Å². The number of methoxy groups -OCH3 is 1. The third kappa shape index (κ3) is 2.79. The van der Waals surface area contributed by atoms with Gasteiger partial charge in [0.2, 0.25) is 0 Å². The molecule has 0 spiro atoms. The number of aliphatic hydroxyl groups is 2. The second kappa shape index (κ2) is 4.73. The Labute approximate surface area is 55.3 Å². The second-order valence-corrected chi connectivity index (χ2v) is 1.93. The van der Waals surface area contributed by atoms with E-state index in [1.807, 2.05) is 6.92 Å². The number of ether oxygens (including phenoxy) is 1. The normalized spacial score (nSPS) is 17.3. The molecule has 2 atom stereocenters. The fourth-order valence-corrected chi connectivity index (χ4v) is 0.616. The summed E-state index contributed by atoms with van der Waals surface area (Å²) in [5.74, 6) is 0. The van der Waals surface area contributed by atoms with Crippen LogP contribution >= 0.6 is 0 Å². The third-order valence-corrected chi connectivity index (χ3v) is 1.33. The minimum atomic E-state index is -0.542. The lowest BCUT2D eigenvalue weighted by Gasteiger charge is -2.16. The van der Waals surface area contributed by atoms with Gasteiger partial charge in [0.1, 0.15) is 6.10 Å². The summed E-state index contributed by atoms with van der Waals surface area (Å²) in [7, 11) is 1.47. The summed E-state index contributed by atoms with van der Waals surface area (Å²) in [6.07, 6.45) is -0.353. The van der Waals surface area contributed by atoms with E-state index in [1.165, 1.54) is 7.11 Å². The van der Waals surface area contributed by atoms with Crippen molar-refractivity contribution in [2.75, 3.05) is 13.7 Å². The Morgan fingerprint density at radius 2 is 2.11 bits per heavy atom. The van der Waals surface area contributed by atoms with Gasteiger partial charge in [-0.3, -0.25) is 0 Å². The van der Waals surface area contributed by atoms with Crippen molar-refractivity contribution in [3.8, 4) is 0 Å². The van der Waals surface area contributed by atoms with Gasteiger partial charge in [-0.25, -0.2) is 0 Å². The van der Waals surface area contributed by atoms with Crippen LogP contribution in [-0.2, 0) is 4.74 Å². The maximum Gasteiger partial charge on any atom is 0.106 e. The van der Waals surface area contributed by atoms with Crippen molar-refractivity contribution >= 4 is 0 Å². The van der Waals surface area contributed by atoms with Gasteiger partial charge in [-0.15, -0.1) is 0 Å².